The molecular formula is C20H37NO2. The summed E-state index contributed by atoms with van der Waals surface area (Å²) in [5, 5.41) is 9.67. The molecule has 0 aromatic rings. The van der Waals surface area contributed by atoms with Gasteiger partial charge in [-0.05, 0) is 44.9 Å². The third kappa shape index (κ3) is 18.9. The van der Waals surface area contributed by atoms with Crippen LogP contribution in [-0.2, 0) is 4.79 Å². The zero-order chi connectivity index (χ0) is 17.2. The van der Waals surface area contributed by atoms with Gasteiger partial charge in [-0.15, -0.1) is 0 Å². The molecule has 0 bridgehead atoms. The minimum absolute atomic E-state index is 0.205. The standard InChI is InChI=1S/C20H37NO2/c1-2-3-16-19(22)17-14-12-10-8-6-4-5-7-9-11-13-15-18-20(21)23/h9,11,14,17,19,22H,2-8,10,12-13,15-16,18H2,1H3,(H2,21,23)/b11-9-,17-14-/t19-/m1/s1. The number of aliphatic hydroxyl groups excluding tert-OH is 1. The Morgan fingerprint density at radius 3 is 2.09 bits per heavy atom. The van der Waals surface area contributed by atoms with Crippen molar-refractivity contribution in [2.24, 2.45) is 5.73 Å². The maximum absolute atomic E-state index is 10.6. The van der Waals surface area contributed by atoms with Crippen LogP contribution in [-0.4, -0.2) is 17.1 Å². The molecule has 1 atom stereocenters. The molecule has 0 aliphatic rings. The molecule has 0 saturated heterocycles. The van der Waals surface area contributed by atoms with Crippen molar-refractivity contribution in [3.05, 3.63) is 24.3 Å². The molecular weight excluding hydrogens is 286 g/mol. The lowest BCUT2D eigenvalue weighted by atomic mass is 10.1. The normalized spacial score (nSPS) is 13.1. The number of unbranched alkanes of at least 4 members (excludes halogenated alkanes) is 8. The number of amides is 1. The lowest BCUT2D eigenvalue weighted by Crippen LogP contribution is -2.09. The third-order valence-corrected chi connectivity index (χ3v) is 3.91. The van der Waals surface area contributed by atoms with E-state index >= 15 is 0 Å². The van der Waals surface area contributed by atoms with Gasteiger partial charge < -0.3 is 10.8 Å². The Bertz CT molecular complexity index is 324. The molecule has 0 fully saturated rings. The second-order valence-electron chi connectivity index (χ2n) is 6.31. The second kappa shape index (κ2) is 17.3. The van der Waals surface area contributed by atoms with Crippen LogP contribution in [0.3, 0.4) is 0 Å². The Hall–Kier alpha value is -1.09. The first-order valence-corrected chi connectivity index (χ1v) is 9.44. The summed E-state index contributed by atoms with van der Waals surface area (Å²) in [7, 11) is 0. The van der Waals surface area contributed by atoms with Gasteiger partial charge in [-0.2, -0.15) is 0 Å². The number of hydrogen-bond donors (Lipinski definition) is 2. The third-order valence-electron chi connectivity index (χ3n) is 3.91. The molecule has 23 heavy (non-hydrogen) atoms. The fourth-order valence-electron chi connectivity index (χ4n) is 2.45. The summed E-state index contributed by atoms with van der Waals surface area (Å²) < 4.78 is 0. The van der Waals surface area contributed by atoms with E-state index in [1.807, 2.05) is 6.08 Å². The lowest BCUT2D eigenvalue weighted by Gasteiger charge is -2.03. The van der Waals surface area contributed by atoms with Crippen LogP contribution in [0.2, 0.25) is 0 Å². The van der Waals surface area contributed by atoms with Crippen LogP contribution < -0.4 is 5.73 Å². The average Bonchev–Trinajstić information content (AvgIpc) is 2.52. The van der Waals surface area contributed by atoms with Crippen molar-refractivity contribution in [3.8, 4) is 0 Å². The van der Waals surface area contributed by atoms with E-state index in [0.29, 0.717) is 6.42 Å². The van der Waals surface area contributed by atoms with Crippen molar-refractivity contribution >= 4 is 5.91 Å². The Kier molecular flexibility index (Phi) is 16.4. The number of nitrogens with two attached hydrogens (primary N) is 1. The van der Waals surface area contributed by atoms with E-state index in [9.17, 15) is 9.90 Å². The van der Waals surface area contributed by atoms with Gasteiger partial charge in [0.2, 0.25) is 5.91 Å². The van der Waals surface area contributed by atoms with Crippen molar-refractivity contribution in [1.82, 2.24) is 0 Å². The molecule has 3 N–H and O–H groups in total. The summed E-state index contributed by atoms with van der Waals surface area (Å²) in [6, 6.07) is 0. The summed E-state index contributed by atoms with van der Waals surface area (Å²) in [6.45, 7) is 2.15. The number of carbonyl (C=O) groups excluding carboxylic acids is 1. The summed E-state index contributed by atoms with van der Waals surface area (Å²) in [4.78, 5) is 10.6. The number of primary amides is 1. The summed E-state index contributed by atoms with van der Waals surface area (Å²) in [5.41, 5.74) is 5.09. The van der Waals surface area contributed by atoms with Crippen molar-refractivity contribution in [2.45, 2.75) is 96.5 Å². The van der Waals surface area contributed by atoms with Gasteiger partial charge in [-0.3, -0.25) is 4.79 Å². The van der Waals surface area contributed by atoms with Gasteiger partial charge in [0.25, 0.3) is 0 Å². The average molecular weight is 324 g/mol. The topological polar surface area (TPSA) is 63.3 Å². The monoisotopic (exact) mass is 323 g/mol. The van der Waals surface area contributed by atoms with Crippen LogP contribution >= 0.6 is 0 Å². The molecule has 0 aromatic carbocycles. The van der Waals surface area contributed by atoms with Crippen LogP contribution in [0.4, 0.5) is 0 Å². The fraction of sp³-hybridized carbons (Fsp3) is 0.750. The van der Waals surface area contributed by atoms with Gasteiger partial charge in [0.1, 0.15) is 0 Å². The van der Waals surface area contributed by atoms with Crippen molar-refractivity contribution in [1.29, 1.82) is 0 Å². The van der Waals surface area contributed by atoms with Crippen LogP contribution in [0.15, 0.2) is 24.3 Å². The van der Waals surface area contributed by atoms with E-state index in [-0.39, 0.29) is 12.0 Å². The summed E-state index contributed by atoms with van der Waals surface area (Å²) >= 11 is 0. The molecule has 0 aromatic heterocycles. The quantitative estimate of drug-likeness (QED) is 0.309. The van der Waals surface area contributed by atoms with E-state index in [1.54, 1.807) is 0 Å². The highest BCUT2D eigenvalue weighted by Gasteiger charge is 1.96. The highest BCUT2D eigenvalue weighted by molar-refractivity contribution is 5.73. The first-order chi connectivity index (χ1) is 11.2. The maximum atomic E-state index is 10.6. The number of aliphatic hydroxyl groups is 1. The molecule has 0 rings (SSSR count). The highest BCUT2D eigenvalue weighted by atomic mass is 16.3. The fourth-order valence-corrected chi connectivity index (χ4v) is 2.45. The van der Waals surface area contributed by atoms with Crippen LogP contribution in [0.1, 0.15) is 90.4 Å². The maximum Gasteiger partial charge on any atom is 0.217 e. The van der Waals surface area contributed by atoms with Crippen molar-refractivity contribution in [3.63, 3.8) is 0 Å². The Balaban J connectivity index is 3.25. The van der Waals surface area contributed by atoms with Gasteiger partial charge in [-0.25, -0.2) is 0 Å². The van der Waals surface area contributed by atoms with Crippen molar-refractivity contribution in [2.75, 3.05) is 0 Å². The number of rotatable bonds is 16. The molecule has 134 valence electrons. The molecule has 1 amide bonds. The molecule has 0 unspecified atom stereocenters. The molecule has 0 spiro atoms. The van der Waals surface area contributed by atoms with Crippen LogP contribution in [0.5, 0.6) is 0 Å². The smallest absolute Gasteiger partial charge is 0.217 e. The molecule has 0 aliphatic carbocycles. The first-order valence-electron chi connectivity index (χ1n) is 9.44. The minimum atomic E-state index is -0.246. The zero-order valence-electron chi connectivity index (χ0n) is 15.0. The molecule has 3 nitrogen and oxygen atoms in total. The van der Waals surface area contributed by atoms with Crippen molar-refractivity contribution < 1.29 is 9.90 Å². The summed E-state index contributed by atoms with van der Waals surface area (Å²) in [6.07, 6.45) is 22.2. The number of carbonyl (C=O) groups is 1. The number of allylic oxidation sites excluding steroid dienone is 3. The molecule has 3 heteroatoms. The highest BCUT2D eigenvalue weighted by Crippen LogP contribution is 2.09. The summed E-state index contributed by atoms with van der Waals surface area (Å²) in [5.74, 6) is -0.205. The van der Waals surface area contributed by atoms with E-state index < -0.39 is 0 Å². The zero-order valence-corrected chi connectivity index (χ0v) is 15.0. The molecule has 0 heterocycles. The second-order valence-corrected chi connectivity index (χ2v) is 6.31. The van der Waals surface area contributed by atoms with E-state index in [1.165, 1.54) is 32.1 Å². The minimum Gasteiger partial charge on any atom is -0.389 e. The predicted molar refractivity (Wildman–Crippen MR) is 99.2 cm³/mol. The van der Waals surface area contributed by atoms with E-state index in [2.05, 4.69) is 25.2 Å². The van der Waals surface area contributed by atoms with Gasteiger partial charge in [0.15, 0.2) is 0 Å². The Labute approximate surface area is 143 Å². The predicted octanol–water partition coefficient (Wildman–Crippen LogP) is 5.04. The molecule has 0 aliphatic heterocycles. The van der Waals surface area contributed by atoms with E-state index in [0.717, 1.165) is 44.9 Å². The van der Waals surface area contributed by atoms with Crippen LogP contribution in [0.25, 0.3) is 0 Å². The van der Waals surface area contributed by atoms with E-state index in [4.69, 9.17) is 5.73 Å². The lowest BCUT2D eigenvalue weighted by molar-refractivity contribution is -0.118. The van der Waals surface area contributed by atoms with Gasteiger partial charge in [0.05, 0.1) is 6.10 Å². The van der Waals surface area contributed by atoms with Gasteiger partial charge >= 0.3 is 0 Å². The molecule has 0 radical (unpaired) electrons. The first kappa shape index (κ1) is 21.9. The largest absolute Gasteiger partial charge is 0.389 e. The SMILES string of the molecule is CCCC[C@@H](O)/C=C\CCCCCCC/C=C\CCCC(N)=O. The number of hydrogen-bond acceptors (Lipinski definition) is 2. The Morgan fingerprint density at radius 1 is 0.913 bits per heavy atom. The van der Waals surface area contributed by atoms with Gasteiger partial charge in [-0.1, -0.05) is 63.3 Å². The van der Waals surface area contributed by atoms with Crippen LogP contribution in [0, 0.1) is 0 Å². The van der Waals surface area contributed by atoms with Gasteiger partial charge in [0, 0.05) is 6.42 Å². The molecule has 0 saturated carbocycles. The Morgan fingerprint density at radius 2 is 1.48 bits per heavy atom.